The Morgan fingerprint density at radius 1 is 1.21 bits per heavy atom. The van der Waals surface area contributed by atoms with Crippen LogP contribution >= 0.6 is 0 Å². The van der Waals surface area contributed by atoms with Gasteiger partial charge in [-0.1, -0.05) is 64.6 Å². The van der Waals surface area contributed by atoms with Gasteiger partial charge in [0.15, 0.2) is 0 Å². The van der Waals surface area contributed by atoms with Crippen LogP contribution in [0.2, 0.25) is 0 Å². The van der Waals surface area contributed by atoms with Crippen molar-refractivity contribution in [1.82, 2.24) is 0 Å². The molecule has 0 aliphatic heterocycles. The largest absolute Gasteiger partial charge is 0.304 e. The summed E-state index contributed by atoms with van der Waals surface area (Å²) < 4.78 is 0. The Morgan fingerprint density at radius 3 is 2.37 bits per heavy atom. The SMILES string of the molecule is C=Cc1ccc(C(=N)C(C)CC(C)CC)cc1C=C. The Balaban J connectivity index is 2.93. The minimum atomic E-state index is 0.294. The van der Waals surface area contributed by atoms with Crippen LogP contribution in [0.4, 0.5) is 0 Å². The molecule has 102 valence electrons. The van der Waals surface area contributed by atoms with Gasteiger partial charge < -0.3 is 5.41 Å². The average Bonchev–Trinajstić information content (AvgIpc) is 2.45. The molecular formula is C18H25N. The summed E-state index contributed by atoms with van der Waals surface area (Å²) >= 11 is 0. The Hall–Kier alpha value is -1.63. The summed E-state index contributed by atoms with van der Waals surface area (Å²) in [7, 11) is 0. The van der Waals surface area contributed by atoms with Crippen LogP contribution in [0.25, 0.3) is 12.2 Å². The molecule has 2 atom stereocenters. The van der Waals surface area contributed by atoms with Gasteiger partial charge in [0.1, 0.15) is 0 Å². The summed E-state index contributed by atoms with van der Waals surface area (Å²) in [5.41, 5.74) is 3.84. The molecule has 1 nitrogen and oxygen atoms in total. The lowest BCUT2D eigenvalue weighted by molar-refractivity contribution is 0.468. The van der Waals surface area contributed by atoms with Crippen LogP contribution < -0.4 is 0 Å². The minimum Gasteiger partial charge on any atom is -0.304 e. The molecule has 0 spiro atoms. The monoisotopic (exact) mass is 255 g/mol. The van der Waals surface area contributed by atoms with E-state index in [2.05, 4.69) is 33.9 Å². The third-order valence-electron chi connectivity index (χ3n) is 3.78. The third kappa shape index (κ3) is 3.92. The molecule has 0 heterocycles. The van der Waals surface area contributed by atoms with Crippen LogP contribution in [0, 0.1) is 17.2 Å². The third-order valence-corrected chi connectivity index (χ3v) is 3.78. The lowest BCUT2D eigenvalue weighted by atomic mass is 9.88. The maximum Gasteiger partial charge on any atom is 0.0414 e. The van der Waals surface area contributed by atoms with Gasteiger partial charge in [0.2, 0.25) is 0 Å². The first kappa shape index (κ1) is 15.4. The van der Waals surface area contributed by atoms with Crippen molar-refractivity contribution in [2.45, 2.75) is 33.6 Å². The smallest absolute Gasteiger partial charge is 0.0414 e. The maximum absolute atomic E-state index is 8.34. The molecule has 1 N–H and O–H groups in total. The van der Waals surface area contributed by atoms with Crippen molar-refractivity contribution in [3.63, 3.8) is 0 Å². The predicted molar refractivity (Wildman–Crippen MR) is 86.7 cm³/mol. The van der Waals surface area contributed by atoms with Crippen molar-refractivity contribution in [3.05, 3.63) is 48.0 Å². The summed E-state index contributed by atoms with van der Waals surface area (Å²) in [6.07, 6.45) is 5.90. The van der Waals surface area contributed by atoms with E-state index in [1.165, 1.54) is 6.42 Å². The Labute approximate surface area is 117 Å². The van der Waals surface area contributed by atoms with Crippen molar-refractivity contribution in [2.24, 2.45) is 11.8 Å². The van der Waals surface area contributed by atoms with E-state index in [1.54, 1.807) is 0 Å². The Morgan fingerprint density at radius 2 is 1.84 bits per heavy atom. The van der Waals surface area contributed by atoms with Gasteiger partial charge in [-0.05, 0) is 41.0 Å². The molecule has 0 aliphatic rings. The standard InChI is InChI=1S/C18H25N/c1-6-13(4)11-14(5)18(19)17-10-9-15(7-2)16(8-3)12-17/h7-10,12-14,19H,2-3,6,11H2,1,4-5H3. The molecular weight excluding hydrogens is 230 g/mol. The van der Waals surface area contributed by atoms with E-state index in [-0.39, 0.29) is 0 Å². The second kappa shape index (κ2) is 7.08. The van der Waals surface area contributed by atoms with Crippen LogP contribution in [-0.4, -0.2) is 5.71 Å². The molecule has 0 bridgehead atoms. The maximum atomic E-state index is 8.34. The second-order valence-corrected chi connectivity index (χ2v) is 5.32. The van der Waals surface area contributed by atoms with Crippen molar-refractivity contribution in [2.75, 3.05) is 0 Å². The highest BCUT2D eigenvalue weighted by Gasteiger charge is 2.14. The molecule has 1 aromatic rings. The minimum absolute atomic E-state index is 0.294. The Bertz CT molecular complexity index is 471. The molecule has 0 amide bonds. The van der Waals surface area contributed by atoms with Crippen LogP contribution in [0.15, 0.2) is 31.4 Å². The topological polar surface area (TPSA) is 23.9 Å². The van der Waals surface area contributed by atoms with E-state index in [4.69, 9.17) is 5.41 Å². The Kier molecular flexibility index (Phi) is 5.75. The van der Waals surface area contributed by atoms with Gasteiger partial charge in [-0.2, -0.15) is 0 Å². The van der Waals surface area contributed by atoms with Crippen LogP contribution in [0.1, 0.15) is 50.3 Å². The van der Waals surface area contributed by atoms with Crippen LogP contribution in [-0.2, 0) is 0 Å². The van der Waals surface area contributed by atoms with E-state index in [0.29, 0.717) is 11.8 Å². The molecule has 0 aliphatic carbocycles. The summed E-state index contributed by atoms with van der Waals surface area (Å²) in [5.74, 6) is 0.962. The summed E-state index contributed by atoms with van der Waals surface area (Å²) in [5, 5.41) is 8.34. The molecule has 1 heteroatoms. The summed E-state index contributed by atoms with van der Waals surface area (Å²) in [6.45, 7) is 14.2. The fraction of sp³-hybridized carbons (Fsp3) is 0.389. The highest BCUT2D eigenvalue weighted by Crippen LogP contribution is 2.21. The lowest BCUT2D eigenvalue weighted by Crippen LogP contribution is -2.14. The van der Waals surface area contributed by atoms with Gasteiger partial charge in [0, 0.05) is 5.71 Å². The second-order valence-electron chi connectivity index (χ2n) is 5.32. The number of hydrogen-bond acceptors (Lipinski definition) is 1. The van der Waals surface area contributed by atoms with Crippen LogP contribution in [0.5, 0.6) is 0 Å². The zero-order chi connectivity index (χ0) is 14.4. The van der Waals surface area contributed by atoms with E-state index in [1.807, 2.05) is 30.4 Å². The molecule has 0 radical (unpaired) electrons. The molecule has 0 saturated heterocycles. The van der Waals surface area contributed by atoms with Gasteiger partial charge in [0.05, 0.1) is 0 Å². The first-order valence-corrected chi connectivity index (χ1v) is 7.01. The van der Waals surface area contributed by atoms with E-state index >= 15 is 0 Å². The number of hydrogen-bond donors (Lipinski definition) is 1. The highest BCUT2D eigenvalue weighted by molar-refractivity contribution is 6.00. The van der Waals surface area contributed by atoms with Crippen molar-refractivity contribution in [1.29, 1.82) is 5.41 Å². The quantitative estimate of drug-likeness (QED) is 0.630. The van der Waals surface area contributed by atoms with Gasteiger partial charge in [-0.15, -0.1) is 0 Å². The van der Waals surface area contributed by atoms with Gasteiger partial charge in [-0.3, -0.25) is 0 Å². The van der Waals surface area contributed by atoms with Crippen LogP contribution in [0.3, 0.4) is 0 Å². The van der Waals surface area contributed by atoms with Gasteiger partial charge in [-0.25, -0.2) is 0 Å². The zero-order valence-corrected chi connectivity index (χ0v) is 12.4. The van der Waals surface area contributed by atoms with E-state index in [9.17, 15) is 0 Å². The highest BCUT2D eigenvalue weighted by atomic mass is 14.4. The molecule has 1 aromatic carbocycles. The molecule has 1 rings (SSSR count). The molecule has 0 fully saturated rings. The van der Waals surface area contributed by atoms with Crippen molar-refractivity contribution in [3.8, 4) is 0 Å². The fourth-order valence-corrected chi connectivity index (χ4v) is 2.28. The molecule has 19 heavy (non-hydrogen) atoms. The number of nitrogens with one attached hydrogen (secondary N) is 1. The number of rotatable bonds is 7. The summed E-state index contributed by atoms with van der Waals surface area (Å²) in [4.78, 5) is 0. The zero-order valence-electron chi connectivity index (χ0n) is 12.4. The van der Waals surface area contributed by atoms with E-state index < -0.39 is 0 Å². The van der Waals surface area contributed by atoms with Gasteiger partial charge >= 0.3 is 0 Å². The molecule has 0 saturated carbocycles. The summed E-state index contributed by atoms with van der Waals surface area (Å²) in [6, 6.07) is 6.07. The predicted octanol–water partition coefficient (Wildman–Crippen LogP) is 5.41. The lowest BCUT2D eigenvalue weighted by Gasteiger charge is -2.18. The number of benzene rings is 1. The molecule has 2 unspecified atom stereocenters. The normalized spacial score (nSPS) is 13.6. The van der Waals surface area contributed by atoms with Crippen molar-refractivity contribution >= 4 is 17.9 Å². The van der Waals surface area contributed by atoms with Gasteiger partial charge in [0.25, 0.3) is 0 Å². The average molecular weight is 255 g/mol. The molecule has 0 aromatic heterocycles. The first-order chi connectivity index (χ1) is 9.03. The van der Waals surface area contributed by atoms with Crippen molar-refractivity contribution < 1.29 is 0 Å². The fourth-order valence-electron chi connectivity index (χ4n) is 2.28. The van der Waals surface area contributed by atoms with E-state index in [0.717, 1.165) is 28.8 Å². The first-order valence-electron chi connectivity index (χ1n) is 7.01.